The summed E-state index contributed by atoms with van der Waals surface area (Å²) in [5.74, 6) is 1.89. The van der Waals surface area contributed by atoms with Gasteiger partial charge in [0.25, 0.3) is 0 Å². The molecule has 0 fully saturated rings. The molecular formula is C9H24Si2. The maximum Gasteiger partial charge on any atom is 0.00827 e. The van der Waals surface area contributed by atoms with Crippen molar-refractivity contribution in [2.75, 3.05) is 0 Å². The van der Waals surface area contributed by atoms with Crippen LogP contribution in [-0.2, 0) is 0 Å². The van der Waals surface area contributed by atoms with E-state index in [9.17, 15) is 0 Å². The summed E-state index contributed by atoms with van der Waals surface area (Å²) in [5, 5.41) is 0. The van der Waals surface area contributed by atoms with Crippen molar-refractivity contribution in [3.63, 3.8) is 0 Å². The molecule has 0 saturated carbocycles. The van der Waals surface area contributed by atoms with E-state index in [0.717, 1.165) is 17.4 Å². The van der Waals surface area contributed by atoms with Crippen LogP contribution in [0.5, 0.6) is 0 Å². The summed E-state index contributed by atoms with van der Waals surface area (Å²) in [6.07, 6.45) is 2.98. The number of rotatable bonds is 5. The monoisotopic (exact) mass is 188 g/mol. The normalized spacial score (nSPS) is 15.8. The minimum atomic E-state index is 0.376. The van der Waals surface area contributed by atoms with Gasteiger partial charge in [-0.05, 0) is 21.6 Å². The summed E-state index contributed by atoms with van der Waals surface area (Å²) in [4.78, 5) is 0. The van der Waals surface area contributed by atoms with Crippen molar-refractivity contribution in [3.8, 4) is 0 Å². The van der Waals surface area contributed by atoms with Gasteiger partial charge >= 0.3 is 0 Å². The van der Waals surface area contributed by atoms with Gasteiger partial charge in [-0.1, -0.05) is 46.1 Å². The SMILES string of the molecule is CC(C)CCC([SiH2][SiH3])C(C)C. The van der Waals surface area contributed by atoms with Crippen LogP contribution in [0.4, 0.5) is 0 Å². The van der Waals surface area contributed by atoms with Crippen LogP contribution in [0.1, 0.15) is 40.5 Å². The number of hydrogen-bond donors (Lipinski definition) is 0. The smallest absolute Gasteiger partial charge is 0.00827 e. The lowest BCUT2D eigenvalue weighted by molar-refractivity contribution is 0.479. The second kappa shape index (κ2) is 6.01. The first-order valence-corrected chi connectivity index (χ1v) is 11.5. The zero-order valence-corrected chi connectivity index (χ0v) is 12.3. The lowest BCUT2D eigenvalue weighted by atomic mass is 10.0. The third-order valence-electron chi connectivity index (χ3n) is 2.58. The fourth-order valence-electron chi connectivity index (χ4n) is 1.56. The van der Waals surface area contributed by atoms with Gasteiger partial charge in [0, 0.05) is 9.04 Å². The predicted molar refractivity (Wildman–Crippen MR) is 61.1 cm³/mol. The van der Waals surface area contributed by atoms with Crippen LogP contribution in [0.2, 0.25) is 5.54 Å². The van der Waals surface area contributed by atoms with Gasteiger partial charge in [-0.15, -0.1) is 0 Å². The van der Waals surface area contributed by atoms with E-state index in [0.29, 0.717) is 9.04 Å². The van der Waals surface area contributed by atoms with E-state index in [1.54, 1.807) is 0 Å². The van der Waals surface area contributed by atoms with Gasteiger partial charge < -0.3 is 0 Å². The van der Waals surface area contributed by atoms with Crippen molar-refractivity contribution in [3.05, 3.63) is 0 Å². The second-order valence-electron chi connectivity index (χ2n) is 4.38. The molecule has 0 aromatic rings. The zero-order valence-electron chi connectivity index (χ0n) is 8.85. The molecule has 0 aromatic carbocycles. The highest BCUT2D eigenvalue weighted by molar-refractivity contribution is 6.90. The summed E-state index contributed by atoms with van der Waals surface area (Å²) in [6, 6.07) is 0. The molecule has 0 nitrogen and oxygen atoms in total. The van der Waals surface area contributed by atoms with Crippen molar-refractivity contribution >= 4 is 18.8 Å². The Morgan fingerprint density at radius 1 is 1.09 bits per heavy atom. The minimum Gasteiger partial charge on any atom is -0.0628 e. The van der Waals surface area contributed by atoms with Crippen LogP contribution in [0.3, 0.4) is 0 Å². The van der Waals surface area contributed by atoms with Crippen molar-refractivity contribution in [1.29, 1.82) is 0 Å². The molecule has 0 heterocycles. The van der Waals surface area contributed by atoms with E-state index < -0.39 is 0 Å². The summed E-state index contributed by atoms with van der Waals surface area (Å²) in [6.45, 7) is 9.48. The topological polar surface area (TPSA) is 0 Å². The van der Waals surface area contributed by atoms with Gasteiger partial charge in [-0.3, -0.25) is 0 Å². The van der Waals surface area contributed by atoms with Crippen molar-refractivity contribution < 1.29 is 0 Å². The quantitative estimate of drug-likeness (QED) is 0.571. The largest absolute Gasteiger partial charge is 0.0628 e. The molecule has 0 spiro atoms. The fraction of sp³-hybridized carbons (Fsp3) is 1.00. The molecule has 0 radical (unpaired) electrons. The molecule has 0 saturated heterocycles. The first kappa shape index (κ1) is 11.4. The van der Waals surface area contributed by atoms with E-state index in [2.05, 4.69) is 27.7 Å². The highest BCUT2D eigenvalue weighted by Gasteiger charge is 2.10. The average molecular weight is 188 g/mol. The van der Waals surface area contributed by atoms with Crippen LogP contribution in [-0.4, -0.2) is 18.8 Å². The maximum atomic E-state index is 2.40. The predicted octanol–water partition coefficient (Wildman–Crippen LogP) is 1.32. The Kier molecular flexibility index (Phi) is 6.24. The number of hydrogen-bond acceptors (Lipinski definition) is 0. The lowest BCUT2D eigenvalue weighted by Gasteiger charge is -2.19. The van der Waals surface area contributed by atoms with E-state index in [1.807, 2.05) is 0 Å². The Labute approximate surface area is 77.2 Å². The molecule has 2 heteroatoms. The standard InChI is InChI=1S/C9H24Si2/c1-7(2)5-6-9(11-10)8(3)4/h7-9H,5-6,11H2,1-4,10H3. The molecule has 68 valence electrons. The maximum absolute atomic E-state index is 2.40. The highest BCUT2D eigenvalue weighted by atomic mass is 29.1. The van der Waals surface area contributed by atoms with Gasteiger partial charge in [-0.2, -0.15) is 0 Å². The average Bonchev–Trinajstić information content (AvgIpc) is 1.87. The molecule has 1 atom stereocenters. The van der Waals surface area contributed by atoms with Crippen LogP contribution in [0.25, 0.3) is 0 Å². The molecule has 0 amide bonds. The molecule has 0 aromatic heterocycles. The Bertz CT molecular complexity index is 89.6. The van der Waals surface area contributed by atoms with Gasteiger partial charge in [0.15, 0.2) is 0 Å². The summed E-state index contributed by atoms with van der Waals surface area (Å²) in [7, 11) is 1.90. The summed E-state index contributed by atoms with van der Waals surface area (Å²) in [5.41, 5.74) is 1.16. The Hall–Kier alpha value is 0.434. The first-order chi connectivity index (χ1) is 5.07. The third kappa shape index (κ3) is 5.68. The molecule has 0 aliphatic rings. The molecule has 0 bridgehead atoms. The van der Waals surface area contributed by atoms with Crippen LogP contribution >= 0.6 is 0 Å². The van der Waals surface area contributed by atoms with E-state index in [1.165, 1.54) is 22.6 Å². The van der Waals surface area contributed by atoms with Crippen LogP contribution in [0, 0.1) is 11.8 Å². The molecule has 1 unspecified atom stereocenters. The van der Waals surface area contributed by atoms with Gasteiger partial charge in [0.2, 0.25) is 0 Å². The zero-order chi connectivity index (χ0) is 8.85. The molecule has 0 N–H and O–H groups in total. The minimum absolute atomic E-state index is 0.376. The van der Waals surface area contributed by atoms with E-state index in [-0.39, 0.29) is 0 Å². The van der Waals surface area contributed by atoms with E-state index >= 15 is 0 Å². The lowest BCUT2D eigenvalue weighted by Crippen LogP contribution is -2.11. The highest BCUT2D eigenvalue weighted by Crippen LogP contribution is 2.23. The Morgan fingerprint density at radius 3 is 1.91 bits per heavy atom. The van der Waals surface area contributed by atoms with Gasteiger partial charge in [-0.25, -0.2) is 0 Å². The van der Waals surface area contributed by atoms with Crippen LogP contribution < -0.4 is 0 Å². The molecule has 0 aliphatic carbocycles. The van der Waals surface area contributed by atoms with Gasteiger partial charge in [0.1, 0.15) is 0 Å². The summed E-state index contributed by atoms with van der Waals surface area (Å²) >= 11 is 0. The molecule has 0 rings (SSSR count). The second-order valence-corrected chi connectivity index (χ2v) is 8.70. The summed E-state index contributed by atoms with van der Waals surface area (Å²) < 4.78 is 0. The molecular weight excluding hydrogens is 164 g/mol. The third-order valence-corrected chi connectivity index (χ3v) is 8.13. The first-order valence-electron chi connectivity index (χ1n) is 5.07. The van der Waals surface area contributed by atoms with Crippen LogP contribution in [0.15, 0.2) is 0 Å². The fourth-order valence-corrected chi connectivity index (χ4v) is 7.20. The van der Waals surface area contributed by atoms with Crippen molar-refractivity contribution in [2.45, 2.75) is 46.1 Å². The van der Waals surface area contributed by atoms with Crippen molar-refractivity contribution in [2.24, 2.45) is 11.8 Å². The Balaban J connectivity index is 3.52. The molecule has 0 aliphatic heterocycles. The Morgan fingerprint density at radius 2 is 1.64 bits per heavy atom. The van der Waals surface area contributed by atoms with Gasteiger partial charge in [0.05, 0.1) is 0 Å². The van der Waals surface area contributed by atoms with Crippen molar-refractivity contribution in [1.82, 2.24) is 0 Å². The van der Waals surface area contributed by atoms with E-state index in [4.69, 9.17) is 0 Å². The molecule has 11 heavy (non-hydrogen) atoms.